The average molecular weight is 1360 g/mol. The molecule has 0 aliphatic carbocycles. The van der Waals surface area contributed by atoms with Crippen molar-refractivity contribution in [1.29, 1.82) is 0 Å². The minimum atomic E-state index is -4.96. The van der Waals surface area contributed by atoms with Crippen LogP contribution in [0.5, 0.6) is 0 Å². The Hall–Kier alpha value is -2.46. The van der Waals surface area contributed by atoms with Gasteiger partial charge in [-0.15, -0.1) is 0 Å². The first kappa shape index (κ1) is 90.5. The van der Waals surface area contributed by atoms with Gasteiger partial charge < -0.3 is 33.8 Å². The molecule has 548 valence electrons. The lowest BCUT2D eigenvalue weighted by Gasteiger charge is -2.21. The molecule has 2 unspecified atom stereocenters. The lowest BCUT2D eigenvalue weighted by molar-refractivity contribution is -0.161. The number of aliphatic hydroxyl groups excluding tert-OH is 1. The zero-order valence-electron chi connectivity index (χ0n) is 59.9. The van der Waals surface area contributed by atoms with Crippen LogP contribution in [-0.4, -0.2) is 96.7 Å². The van der Waals surface area contributed by atoms with Crippen LogP contribution in [0.3, 0.4) is 0 Å². The fraction of sp³-hybridized carbons (Fsp3) is 0.892. The molecule has 0 aromatic rings. The van der Waals surface area contributed by atoms with Gasteiger partial charge in [-0.1, -0.05) is 309 Å². The Labute approximate surface area is 567 Å². The Morgan fingerprint density at radius 2 is 0.581 bits per heavy atom. The van der Waals surface area contributed by atoms with Crippen molar-refractivity contribution in [3.63, 3.8) is 0 Å². The molecule has 0 amide bonds. The van der Waals surface area contributed by atoms with E-state index in [-0.39, 0.29) is 25.7 Å². The normalized spacial score (nSPS) is 14.2. The van der Waals surface area contributed by atoms with E-state index in [4.69, 9.17) is 37.0 Å². The number of phosphoric acid groups is 2. The molecule has 0 fully saturated rings. The molecule has 0 saturated carbocycles. The second-order valence-electron chi connectivity index (χ2n) is 26.5. The first-order valence-corrected chi connectivity index (χ1v) is 40.9. The third-order valence-corrected chi connectivity index (χ3v) is 18.6. The quantitative estimate of drug-likeness (QED) is 0.0169. The predicted octanol–water partition coefficient (Wildman–Crippen LogP) is 21.2. The Balaban J connectivity index is 5.25. The predicted molar refractivity (Wildman–Crippen MR) is 377 cm³/mol. The van der Waals surface area contributed by atoms with Gasteiger partial charge in [-0.2, -0.15) is 0 Å². The standard InChI is InChI=1S/C74H140O17P2/c1-6-9-12-15-18-21-23-25-27-28-29-31-33-35-39-44-49-54-59-73(78)90-70(64-85-72(77)58-53-48-43-38-34-32-30-26-24-22-19-16-13-10-7-2)66-89-93(82,83)87-62-68(75)61-86-92(80,81)88-65-69(63-84-71(76)57-52-47-42-20-17-14-11-8-3)91-74(79)60-55-50-45-40-36-37-41-46-51-56-67(4)5/h22,24,26,30,67-70,75H,6-21,23,25,27-29,31-66H2,1-5H3,(H,80,81)(H,82,83)/b24-22-,30-26-/t68-,69+,70+/m0/s1. The summed E-state index contributed by atoms with van der Waals surface area (Å²) < 4.78 is 68.3. The van der Waals surface area contributed by atoms with Crippen LogP contribution in [-0.2, 0) is 65.4 Å². The van der Waals surface area contributed by atoms with Crippen LogP contribution < -0.4 is 0 Å². The highest BCUT2D eigenvalue weighted by Crippen LogP contribution is 2.45. The van der Waals surface area contributed by atoms with E-state index < -0.39 is 97.5 Å². The molecule has 17 nitrogen and oxygen atoms in total. The number of hydrogen-bond acceptors (Lipinski definition) is 15. The first-order valence-electron chi connectivity index (χ1n) is 38.0. The molecular formula is C74H140O17P2. The van der Waals surface area contributed by atoms with E-state index in [1.807, 2.05) is 0 Å². The van der Waals surface area contributed by atoms with Crippen molar-refractivity contribution in [2.45, 2.75) is 380 Å². The first-order chi connectivity index (χ1) is 45.0. The van der Waals surface area contributed by atoms with Crippen LogP contribution in [0.4, 0.5) is 0 Å². The summed E-state index contributed by atoms with van der Waals surface area (Å²) in [5, 5.41) is 10.6. The maximum Gasteiger partial charge on any atom is 0.472 e. The summed E-state index contributed by atoms with van der Waals surface area (Å²) in [6.07, 6.45) is 57.8. The summed E-state index contributed by atoms with van der Waals surface area (Å²) in [4.78, 5) is 72.6. The van der Waals surface area contributed by atoms with Crippen LogP contribution in [0.25, 0.3) is 0 Å². The number of phosphoric ester groups is 2. The lowest BCUT2D eigenvalue weighted by Crippen LogP contribution is -2.30. The molecule has 0 saturated heterocycles. The molecule has 3 N–H and O–H groups in total. The Morgan fingerprint density at radius 3 is 0.882 bits per heavy atom. The Kier molecular flexibility index (Phi) is 65.0. The van der Waals surface area contributed by atoms with Crippen LogP contribution in [0.15, 0.2) is 24.3 Å². The van der Waals surface area contributed by atoms with Gasteiger partial charge in [-0.05, 0) is 57.3 Å². The monoisotopic (exact) mass is 1360 g/mol. The summed E-state index contributed by atoms with van der Waals surface area (Å²) in [6.45, 7) is 7.16. The highest BCUT2D eigenvalue weighted by molar-refractivity contribution is 7.47. The van der Waals surface area contributed by atoms with Gasteiger partial charge in [0.25, 0.3) is 0 Å². The maximum atomic E-state index is 13.1. The van der Waals surface area contributed by atoms with Crippen molar-refractivity contribution < 1.29 is 80.2 Å². The zero-order chi connectivity index (χ0) is 68.4. The van der Waals surface area contributed by atoms with E-state index >= 15 is 0 Å². The summed E-state index contributed by atoms with van der Waals surface area (Å²) >= 11 is 0. The van der Waals surface area contributed by atoms with Gasteiger partial charge in [0, 0.05) is 25.7 Å². The summed E-state index contributed by atoms with van der Waals surface area (Å²) in [5.74, 6) is -1.42. The number of unbranched alkanes of at least 4 members (excludes halogenated alkanes) is 41. The third-order valence-electron chi connectivity index (χ3n) is 16.7. The van der Waals surface area contributed by atoms with Crippen molar-refractivity contribution in [3.8, 4) is 0 Å². The molecule has 0 rings (SSSR count). The molecule has 0 aromatic carbocycles. The van der Waals surface area contributed by atoms with Gasteiger partial charge in [0.2, 0.25) is 0 Å². The molecule has 0 aromatic heterocycles. The molecule has 0 heterocycles. The van der Waals surface area contributed by atoms with E-state index in [9.17, 15) is 43.2 Å². The van der Waals surface area contributed by atoms with E-state index in [0.717, 1.165) is 121 Å². The maximum absolute atomic E-state index is 13.1. The van der Waals surface area contributed by atoms with Crippen molar-refractivity contribution in [2.24, 2.45) is 5.92 Å². The van der Waals surface area contributed by atoms with Crippen molar-refractivity contribution in [2.75, 3.05) is 39.6 Å². The Morgan fingerprint density at radius 1 is 0.333 bits per heavy atom. The fourth-order valence-electron chi connectivity index (χ4n) is 10.8. The van der Waals surface area contributed by atoms with Gasteiger partial charge in [-0.25, -0.2) is 9.13 Å². The Bertz CT molecular complexity index is 1880. The number of ether oxygens (including phenoxy) is 4. The van der Waals surface area contributed by atoms with Gasteiger partial charge in [-0.3, -0.25) is 37.3 Å². The van der Waals surface area contributed by atoms with Crippen LogP contribution >= 0.6 is 15.6 Å². The van der Waals surface area contributed by atoms with E-state index in [1.54, 1.807) is 0 Å². The minimum absolute atomic E-state index is 0.102. The highest BCUT2D eigenvalue weighted by Gasteiger charge is 2.30. The number of carbonyl (C=O) groups excluding carboxylic acids is 4. The van der Waals surface area contributed by atoms with E-state index in [0.29, 0.717) is 25.7 Å². The van der Waals surface area contributed by atoms with Gasteiger partial charge in [0.15, 0.2) is 12.2 Å². The van der Waals surface area contributed by atoms with Crippen LogP contribution in [0.2, 0.25) is 0 Å². The second-order valence-corrected chi connectivity index (χ2v) is 29.4. The summed E-state index contributed by atoms with van der Waals surface area (Å²) in [5.41, 5.74) is 0. The lowest BCUT2D eigenvalue weighted by atomic mass is 10.0. The van der Waals surface area contributed by atoms with Crippen LogP contribution in [0.1, 0.15) is 362 Å². The number of esters is 4. The second kappa shape index (κ2) is 66.8. The molecule has 0 spiro atoms. The number of hydrogen-bond donors (Lipinski definition) is 3. The molecule has 93 heavy (non-hydrogen) atoms. The van der Waals surface area contributed by atoms with Crippen molar-refractivity contribution in [1.82, 2.24) is 0 Å². The molecule has 5 atom stereocenters. The summed E-state index contributed by atoms with van der Waals surface area (Å²) in [7, 11) is -9.91. The molecular weight excluding hydrogens is 1220 g/mol. The van der Waals surface area contributed by atoms with Gasteiger partial charge in [0.05, 0.1) is 26.4 Å². The van der Waals surface area contributed by atoms with Crippen molar-refractivity contribution in [3.05, 3.63) is 24.3 Å². The SMILES string of the molecule is CCCCCC/C=C\C=C/CCCCCCCC(=O)OC[C@H](COP(=O)(O)OC[C@@H](O)COP(=O)(O)OC[C@@H](COC(=O)CCCCCCCCCC)OC(=O)CCCCCCCCCCCC(C)C)OC(=O)CCCCCCCCCCCCCCCCCCCC. The topological polar surface area (TPSA) is 237 Å². The van der Waals surface area contributed by atoms with Crippen molar-refractivity contribution >= 4 is 39.5 Å². The number of allylic oxidation sites excluding steroid dienone is 4. The highest BCUT2D eigenvalue weighted by atomic mass is 31.2. The largest absolute Gasteiger partial charge is 0.472 e. The molecule has 0 aliphatic heterocycles. The number of aliphatic hydroxyl groups is 1. The zero-order valence-corrected chi connectivity index (χ0v) is 61.7. The van der Waals surface area contributed by atoms with E-state index in [1.165, 1.54) is 161 Å². The van der Waals surface area contributed by atoms with E-state index in [2.05, 4.69) is 58.9 Å². The molecule has 0 radical (unpaired) electrons. The average Bonchev–Trinajstić information content (AvgIpc) is 3.69. The van der Waals surface area contributed by atoms with Gasteiger partial charge >= 0.3 is 39.5 Å². The fourth-order valence-corrected chi connectivity index (χ4v) is 12.4. The molecule has 19 heteroatoms. The van der Waals surface area contributed by atoms with Crippen LogP contribution in [0, 0.1) is 5.92 Å². The summed E-state index contributed by atoms with van der Waals surface area (Å²) in [6, 6.07) is 0. The number of rotatable bonds is 72. The third kappa shape index (κ3) is 67.9. The number of carbonyl (C=O) groups is 4. The molecule has 0 bridgehead atoms. The smallest absolute Gasteiger partial charge is 0.462 e. The molecule has 0 aliphatic rings. The minimum Gasteiger partial charge on any atom is -0.462 e. The van der Waals surface area contributed by atoms with Gasteiger partial charge in [0.1, 0.15) is 19.3 Å².